The number of pyridine rings is 1. The fraction of sp³-hybridized carbons (Fsp3) is 0.364. The third kappa shape index (κ3) is 3.96. The molecule has 0 radical (unpaired) electrons. The Morgan fingerprint density at radius 1 is 1.26 bits per heavy atom. The number of likely N-dealkylation sites (tertiary alicyclic amines) is 1. The molecular weight excluding hydrogens is 400 g/mol. The molecule has 3 heterocycles. The van der Waals surface area contributed by atoms with Crippen LogP contribution in [0, 0.1) is 13.8 Å². The van der Waals surface area contributed by atoms with Gasteiger partial charge in [0.2, 0.25) is 0 Å². The van der Waals surface area contributed by atoms with Crippen molar-refractivity contribution in [1.82, 2.24) is 19.8 Å². The molecule has 0 saturated carbocycles. The zero-order valence-electron chi connectivity index (χ0n) is 18.2. The van der Waals surface area contributed by atoms with Gasteiger partial charge in [0.15, 0.2) is 0 Å². The number of methoxy groups -OCH3 is 1. The zero-order chi connectivity index (χ0) is 22.9. The summed E-state index contributed by atoms with van der Waals surface area (Å²) in [6.45, 7) is 4.18. The van der Waals surface area contributed by atoms with Crippen LogP contribution in [0.4, 0.5) is 0 Å². The first-order valence-electron chi connectivity index (χ1n) is 9.79. The summed E-state index contributed by atoms with van der Waals surface area (Å²) in [6, 6.07) is 2.66. The molecule has 0 aliphatic carbocycles. The summed E-state index contributed by atoms with van der Waals surface area (Å²) >= 11 is 0. The number of Topliss-reactive ketones (excluding diaryl/α,β-unsaturated/α-hetero) is 1. The van der Waals surface area contributed by atoms with Gasteiger partial charge in [0.1, 0.15) is 11.5 Å². The van der Waals surface area contributed by atoms with Crippen LogP contribution in [-0.2, 0) is 14.3 Å². The van der Waals surface area contributed by atoms with Gasteiger partial charge in [-0.15, -0.1) is 0 Å². The van der Waals surface area contributed by atoms with E-state index < -0.39 is 23.7 Å². The Balaban J connectivity index is 2.20. The number of carbonyl (C=O) groups excluding carboxylic acids is 3. The number of aliphatic hydroxyl groups excluding tert-OH is 1. The largest absolute Gasteiger partial charge is 0.507 e. The van der Waals surface area contributed by atoms with Gasteiger partial charge in [0.25, 0.3) is 11.7 Å². The third-order valence-corrected chi connectivity index (χ3v) is 5.41. The molecule has 1 amide bonds. The first kappa shape index (κ1) is 22.2. The van der Waals surface area contributed by atoms with Gasteiger partial charge in [-0.3, -0.25) is 14.6 Å². The van der Waals surface area contributed by atoms with Crippen LogP contribution in [0.25, 0.3) is 5.76 Å². The Kier molecular flexibility index (Phi) is 6.26. The molecule has 0 aromatic carbocycles. The molecule has 1 atom stereocenters. The number of aryl methyl sites for hydroxylation is 1. The molecule has 9 heteroatoms. The first-order chi connectivity index (χ1) is 14.7. The number of nitrogens with zero attached hydrogens (tertiary/aromatic N) is 3. The molecule has 1 saturated heterocycles. The molecule has 1 fully saturated rings. The number of ether oxygens (including phenoxy) is 1. The second-order valence-corrected chi connectivity index (χ2v) is 7.69. The SMILES string of the molecule is COC(=O)c1[nH]c(C)c(C(O)=C2C(=O)C(=O)N(CCN(C)C)[C@@H]2c2ccncc2)c1C. The number of aliphatic hydroxyl groups is 1. The Labute approximate surface area is 180 Å². The van der Waals surface area contributed by atoms with Gasteiger partial charge < -0.3 is 24.6 Å². The van der Waals surface area contributed by atoms with Crippen molar-refractivity contribution < 1.29 is 24.2 Å². The monoisotopic (exact) mass is 426 g/mol. The maximum absolute atomic E-state index is 13.0. The maximum Gasteiger partial charge on any atom is 0.354 e. The van der Waals surface area contributed by atoms with Gasteiger partial charge in [0, 0.05) is 36.7 Å². The number of aromatic nitrogens is 2. The highest BCUT2D eigenvalue weighted by Gasteiger charge is 2.46. The van der Waals surface area contributed by atoms with Crippen molar-refractivity contribution in [2.45, 2.75) is 19.9 Å². The Morgan fingerprint density at radius 3 is 2.48 bits per heavy atom. The van der Waals surface area contributed by atoms with Crippen LogP contribution >= 0.6 is 0 Å². The molecule has 3 rings (SSSR count). The molecule has 0 unspecified atom stereocenters. The smallest absolute Gasteiger partial charge is 0.354 e. The molecular formula is C22H26N4O5. The molecule has 2 aromatic heterocycles. The predicted molar refractivity (Wildman–Crippen MR) is 113 cm³/mol. The standard InChI is InChI=1S/C22H26N4O5/c1-12-15(13(2)24-17(12)22(30)31-5)19(27)16-18(14-6-8-23-9-7-14)26(11-10-25(3)4)21(29)20(16)28/h6-9,18,24,27H,10-11H2,1-5H3/t18-/m1/s1. The fourth-order valence-electron chi connectivity index (χ4n) is 3.86. The van der Waals surface area contributed by atoms with Crippen molar-refractivity contribution in [3.8, 4) is 0 Å². The van der Waals surface area contributed by atoms with Crippen molar-refractivity contribution in [1.29, 1.82) is 0 Å². The normalized spacial score (nSPS) is 18.1. The molecule has 2 N–H and O–H groups in total. The summed E-state index contributed by atoms with van der Waals surface area (Å²) in [5.41, 5.74) is 2.07. The number of nitrogens with one attached hydrogen (secondary N) is 1. The lowest BCUT2D eigenvalue weighted by Crippen LogP contribution is -2.35. The van der Waals surface area contributed by atoms with Crippen LogP contribution in [-0.4, -0.2) is 76.8 Å². The number of hydrogen-bond donors (Lipinski definition) is 2. The molecule has 9 nitrogen and oxygen atoms in total. The van der Waals surface area contributed by atoms with E-state index in [1.807, 2.05) is 19.0 Å². The molecule has 0 bridgehead atoms. The van der Waals surface area contributed by atoms with Crippen LogP contribution in [0.5, 0.6) is 0 Å². The van der Waals surface area contributed by atoms with Crippen LogP contribution in [0.2, 0.25) is 0 Å². The lowest BCUT2D eigenvalue weighted by molar-refractivity contribution is -0.140. The number of likely N-dealkylation sites (N-methyl/N-ethyl adjacent to an activating group) is 1. The van der Waals surface area contributed by atoms with Gasteiger partial charge in [-0.25, -0.2) is 4.79 Å². The minimum atomic E-state index is -0.766. The van der Waals surface area contributed by atoms with Gasteiger partial charge >= 0.3 is 5.97 Å². The molecule has 164 valence electrons. The van der Waals surface area contributed by atoms with Crippen LogP contribution < -0.4 is 0 Å². The molecule has 1 aliphatic heterocycles. The van der Waals surface area contributed by atoms with Gasteiger partial charge in [-0.1, -0.05) is 0 Å². The van der Waals surface area contributed by atoms with Crippen molar-refractivity contribution in [2.75, 3.05) is 34.3 Å². The predicted octanol–water partition coefficient (Wildman–Crippen LogP) is 1.80. The molecule has 31 heavy (non-hydrogen) atoms. The number of carbonyl (C=O) groups is 3. The average molecular weight is 426 g/mol. The summed E-state index contributed by atoms with van der Waals surface area (Å²) in [6.07, 6.45) is 3.15. The number of amides is 1. The van der Waals surface area contributed by atoms with E-state index in [-0.39, 0.29) is 17.0 Å². The molecule has 2 aromatic rings. The summed E-state index contributed by atoms with van der Waals surface area (Å²) in [5, 5.41) is 11.2. The zero-order valence-corrected chi connectivity index (χ0v) is 18.2. The van der Waals surface area contributed by atoms with Crippen molar-refractivity contribution in [3.63, 3.8) is 0 Å². The van der Waals surface area contributed by atoms with E-state index in [1.54, 1.807) is 38.4 Å². The van der Waals surface area contributed by atoms with Crippen molar-refractivity contribution >= 4 is 23.4 Å². The number of H-pyrrole nitrogens is 1. The quantitative estimate of drug-likeness (QED) is 0.313. The Morgan fingerprint density at radius 2 is 1.90 bits per heavy atom. The van der Waals surface area contributed by atoms with Gasteiger partial charge in [0.05, 0.1) is 18.7 Å². The number of esters is 1. The summed E-state index contributed by atoms with van der Waals surface area (Å²) in [7, 11) is 5.01. The highest BCUT2D eigenvalue weighted by atomic mass is 16.5. The lowest BCUT2D eigenvalue weighted by Gasteiger charge is -2.26. The number of aromatic amines is 1. The van der Waals surface area contributed by atoms with E-state index in [4.69, 9.17) is 4.74 Å². The second-order valence-electron chi connectivity index (χ2n) is 7.69. The number of hydrogen-bond acceptors (Lipinski definition) is 7. The lowest BCUT2D eigenvalue weighted by atomic mass is 9.94. The van der Waals surface area contributed by atoms with Crippen LogP contribution in [0.1, 0.15) is 38.9 Å². The number of ketones is 1. The van der Waals surface area contributed by atoms with Crippen molar-refractivity contribution in [2.24, 2.45) is 0 Å². The summed E-state index contributed by atoms with van der Waals surface area (Å²) in [4.78, 5) is 48.3. The van der Waals surface area contributed by atoms with E-state index in [1.165, 1.54) is 12.0 Å². The third-order valence-electron chi connectivity index (χ3n) is 5.41. The topological polar surface area (TPSA) is 116 Å². The first-order valence-corrected chi connectivity index (χ1v) is 9.79. The molecule has 1 aliphatic rings. The van der Waals surface area contributed by atoms with Gasteiger partial charge in [-0.05, 0) is 51.2 Å². The van der Waals surface area contributed by atoms with Gasteiger partial charge in [-0.2, -0.15) is 0 Å². The van der Waals surface area contributed by atoms with Crippen molar-refractivity contribution in [3.05, 3.63) is 58.2 Å². The summed E-state index contributed by atoms with van der Waals surface area (Å²) in [5.74, 6) is -2.35. The maximum atomic E-state index is 13.0. The van der Waals surface area contributed by atoms with E-state index >= 15 is 0 Å². The second kappa shape index (κ2) is 8.73. The van der Waals surface area contributed by atoms with Crippen LogP contribution in [0.3, 0.4) is 0 Å². The minimum Gasteiger partial charge on any atom is -0.507 e. The Hall–Kier alpha value is -3.46. The van der Waals surface area contributed by atoms with E-state index in [0.29, 0.717) is 35.5 Å². The highest BCUT2D eigenvalue weighted by molar-refractivity contribution is 6.46. The Bertz CT molecular complexity index is 1060. The molecule has 0 spiro atoms. The van der Waals surface area contributed by atoms with E-state index in [2.05, 4.69) is 9.97 Å². The minimum absolute atomic E-state index is 0.0171. The van der Waals surface area contributed by atoms with Crippen LogP contribution in [0.15, 0.2) is 30.1 Å². The highest BCUT2D eigenvalue weighted by Crippen LogP contribution is 2.40. The van der Waals surface area contributed by atoms with E-state index in [9.17, 15) is 19.5 Å². The summed E-state index contributed by atoms with van der Waals surface area (Å²) < 4.78 is 4.78. The van der Waals surface area contributed by atoms with E-state index in [0.717, 1.165) is 0 Å². The average Bonchev–Trinajstić information content (AvgIpc) is 3.18. The number of rotatable bonds is 6. The fourth-order valence-corrected chi connectivity index (χ4v) is 3.86.